The number of alkyl halides is 3. The van der Waals surface area contributed by atoms with Gasteiger partial charge in [0.25, 0.3) is 5.91 Å². The highest BCUT2D eigenvalue weighted by molar-refractivity contribution is 7.22. The van der Waals surface area contributed by atoms with Crippen LogP contribution in [0.5, 0.6) is 0 Å². The maximum absolute atomic E-state index is 12.7. The Kier molecular flexibility index (Phi) is 4.23. The fourth-order valence-electron chi connectivity index (χ4n) is 2.16. The van der Waals surface area contributed by atoms with Gasteiger partial charge in [-0.2, -0.15) is 13.2 Å². The van der Waals surface area contributed by atoms with Crippen molar-refractivity contribution in [3.8, 4) is 0 Å². The van der Waals surface area contributed by atoms with E-state index in [2.05, 4.69) is 10.3 Å². The van der Waals surface area contributed by atoms with Crippen LogP contribution in [0.3, 0.4) is 0 Å². The molecule has 1 heterocycles. The number of anilines is 1. The van der Waals surface area contributed by atoms with Crippen molar-refractivity contribution in [1.29, 1.82) is 0 Å². The number of rotatable bonds is 2. The molecule has 3 nitrogen and oxygen atoms in total. The molecule has 3 rings (SSSR count). The maximum atomic E-state index is 12.7. The lowest BCUT2D eigenvalue weighted by atomic mass is 10.1. The molecule has 1 aromatic heterocycles. The number of amides is 1. The normalized spacial score (nSPS) is 11.7. The Bertz CT molecular complexity index is 937. The van der Waals surface area contributed by atoms with Crippen LogP contribution >= 0.6 is 22.9 Å². The van der Waals surface area contributed by atoms with Gasteiger partial charge >= 0.3 is 6.18 Å². The SMILES string of the molecule is Cc1c(Cl)ccc2sc(NC(=O)c3cccc(C(F)(F)F)c3)nc12. The predicted octanol–water partition coefficient (Wildman–Crippen LogP) is 5.53. The van der Waals surface area contributed by atoms with Crippen molar-refractivity contribution in [3.63, 3.8) is 0 Å². The first-order valence-corrected chi connectivity index (χ1v) is 7.99. The maximum Gasteiger partial charge on any atom is 0.416 e. The van der Waals surface area contributed by atoms with E-state index in [0.29, 0.717) is 15.7 Å². The smallest absolute Gasteiger partial charge is 0.298 e. The molecule has 0 radical (unpaired) electrons. The third-order valence-corrected chi connectivity index (χ3v) is 4.77. The van der Waals surface area contributed by atoms with Crippen LogP contribution in [0, 0.1) is 6.92 Å². The largest absolute Gasteiger partial charge is 0.416 e. The number of benzene rings is 2. The molecule has 0 atom stereocenters. The van der Waals surface area contributed by atoms with Crippen LogP contribution in [0.15, 0.2) is 36.4 Å². The molecule has 0 bridgehead atoms. The number of carbonyl (C=O) groups excluding carboxylic acids is 1. The fraction of sp³-hybridized carbons (Fsp3) is 0.125. The Morgan fingerprint density at radius 3 is 2.71 bits per heavy atom. The Morgan fingerprint density at radius 1 is 1.25 bits per heavy atom. The minimum atomic E-state index is -4.50. The van der Waals surface area contributed by atoms with E-state index in [4.69, 9.17) is 11.6 Å². The van der Waals surface area contributed by atoms with Crippen molar-refractivity contribution >= 4 is 44.2 Å². The summed E-state index contributed by atoms with van der Waals surface area (Å²) in [6.07, 6.45) is -4.50. The minimum Gasteiger partial charge on any atom is -0.298 e. The molecular weight excluding hydrogens is 361 g/mol. The summed E-state index contributed by atoms with van der Waals surface area (Å²) in [5.74, 6) is -0.649. The molecule has 0 unspecified atom stereocenters. The molecule has 0 fully saturated rings. The number of nitrogens with zero attached hydrogens (tertiary/aromatic N) is 1. The van der Waals surface area contributed by atoms with Gasteiger partial charge in [0.2, 0.25) is 0 Å². The lowest BCUT2D eigenvalue weighted by Crippen LogP contribution is -2.13. The highest BCUT2D eigenvalue weighted by Crippen LogP contribution is 2.32. The van der Waals surface area contributed by atoms with E-state index in [1.807, 2.05) is 6.92 Å². The third kappa shape index (κ3) is 3.22. The topological polar surface area (TPSA) is 42.0 Å². The monoisotopic (exact) mass is 370 g/mol. The van der Waals surface area contributed by atoms with Crippen molar-refractivity contribution in [2.24, 2.45) is 0 Å². The Balaban J connectivity index is 1.89. The Labute approximate surface area is 144 Å². The van der Waals surface area contributed by atoms with Crippen LogP contribution in [0.1, 0.15) is 21.5 Å². The second-order valence-electron chi connectivity index (χ2n) is 5.07. The summed E-state index contributed by atoms with van der Waals surface area (Å²) in [4.78, 5) is 16.5. The van der Waals surface area contributed by atoms with Crippen molar-refractivity contribution < 1.29 is 18.0 Å². The van der Waals surface area contributed by atoms with Gasteiger partial charge in [-0.15, -0.1) is 0 Å². The molecule has 124 valence electrons. The first-order valence-electron chi connectivity index (χ1n) is 6.80. The van der Waals surface area contributed by atoms with E-state index in [9.17, 15) is 18.0 Å². The molecule has 0 saturated carbocycles. The van der Waals surface area contributed by atoms with E-state index in [-0.39, 0.29) is 5.56 Å². The zero-order chi connectivity index (χ0) is 17.5. The highest BCUT2D eigenvalue weighted by Gasteiger charge is 2.31. The third-order valence-electron chi connectivity index (χ3n) is 3.42. The number of thiazole rings is 1. The Morgan fingerprint density at radius 2 is 2.00 bits per heavy atom. The van der Waals surface area contributed by atoms with Crippen LogP contribution in [-0.4, -0.2) is 10.9 Å². The number of aromatic nitrogens is 1. The van der Waals surface area contributed by atoms with Gasteiger partial charge in [-0.1, -0.05) is 29.0 Å². The van der Waals surface area contributed by atoms with Gasteiger partial charge in [0.15, 0.2) is 5.13 Å². The first kappa shape index (κ1) is 16.7. The standard InChI is InChI=1S/C16H10ClF3N2OS/c1-8-11(17)5-6-12-13(8)21-15(24-12)22-14(23)9-3-2-4-10(7-9)16(18,19)20/h2-7H,1H3,(H,21,22,23). The van der Waals surface area contributed by atoms with E-state index in [1.54, 1.807) is 12.1 Å². The number of hydrogen-bond acceptors (Lipinski definition) is 3. The highest BCUT2D eigenvalue weighted by atomic mass is 35.5. The second kappa shape index (κ2) is 6.07. The summed E-state index contributed by atoms with van der Waals surface area (Å²) < 4.78 is 39.0. The van der Waals surface area contributed by atoms with Crippen LogP contribution in [0.25, 0.3) is 10.2 Å². The molecular formula is C16H10ClF3N2OS. The van der Waals surface area contributed by atoms with Gasteiger partial charge in [-0.25, -0.2) is 4.98 Å². The average molecular weight is 371 g/mol. The summed E-state index contributed by atoms with van der Waals surface area (Å²) in [6, 6.07) is 7.75. The molecule has 0 saturated heterocycles. The molecule has 2 aromatic carbocycles. The molecule has 1 N–H and O–H groups in total. The molecule has 3 aromatic rings. The van der Waals surface area contributed by atoms with Crippen LogP contribution in [0.4, 0.5) is 18.3 Å². The van der Waals surface area contributed by atoms with E-state index >= 15 is 0 Å². The van der Waals surface area contributed by atoms with Gasteiger partial charge in [-0.3, -0.25) is 10.1 Å². The van der Waals surface area contributed by atoms with Gasteiger partial charge in [0, 0.05) is 10.6 Å². The Hall–Kier alpha value is -2.12. The first-order chi connectivity index (χ1) is 11.3. The second-order valence-corrected chi connectivity index (χ2v) is 6.51. The number of carbonyl (C=O) groups is 1. The quantitative estimate of drug-likeness (QED) is 0.644. The van der Waals surface area contributed by atoms with Crippen LogP contribution < -0.4 is 5.32 Å². The summed E-state index contributed by atoms with van der Waals surface area (Å²) in [7, 11) is 0. The molecule has 0 spiro atoms. The van der Waals surface area contributed by atoms with E-state index < -0.39 is 17.6 Å². The molecule has 1 amide bonds. The van der Waals surface area contributed by atoms with Crippen molar-refractivity contribution in [1.82, 2.24) is 4.98 Å². The molecule has 24 heavy (non-hydrogen) atoms. The molecule has 0 aliphatic carbocycles. The van der Waals surface area contributed by atoms with Crippen molar-refractivity contribution in [2.45, 2.75) is 13.1 Å². The lowest BCUT2D eigenvalue weighted by molar-refractivity contribution is -0.137. The van der Waals surface area contributed by atoms with E-state index in [0.717, 1.165) is 22.4 Å². The number of halogens is 4. The predicted molar refractivity (Wildman–Crippen MR) is 88.8 cm³/mol. The van der Waals surface area contributed by atoms with Crippen LogP contribution in [-0.2, 0) is 6.18 Å². The van der Waals surface area contributed by atoms with Crippen LogP contribution in [0.2, 0.25) is 5.02 Å². The van der Waals surface area contributed by atoms with E-state index in [1.165, 1.54) is 23.5 Å². The molecule has 0 aliphatic rings. The minimum absolute atomic E-state index is 0.0844. The summed E-state index contributed by atoms with van der Waals surface area (Å²) in [5, 5.41) is 3.39. The van der Waals surface area contributed by atoms with Crippen molar-refractivity contribution in [2.75, 3.05) is 5.32 Å². The number of aryl methyl sites for hydroxylation is 1. The zero-order valence-corrected chi connectivity index (χ0v) is 13.8. The fourth-order valence-corrected chi connectivity index (χ4v) is 3.23. The van der Waals surface area contributed by atoms with Gasteiger partial charge in [0.05, 0.1) is 15.8 Å². The van der Waals surface area contributed by atoms with Gasteiger partial charge in [-0.05, 0) is 42.8 Å². The molecule has 0 aliphatic heterocycles. The van der Waals surface area contributed by atoms with Gasteiger partial charge in [0.1, 0.15) is 0 Å². The zero-order valence-electron chi connectivity index (χ0n) is 12.2. The molecule has 8 heteroatoms. The summed E-state index contributed by atoms with van der Waals surface area (Å²) >= 11 is 7.26. The number of nitrogens with one attached hydrogen (secondary N) is 1. The number of fused-ring (bicyclic) bond motifs is 1. The summed E-state index contributed by atoms with van der Waals surface area (Å²) in [6.45, 7) is 1.81. The van der Waals surface area contributed by atoms with Crippen molar-refractivity contribution in [3.05, 3.63) is 58.1 Å². The number of hydrogen-bond donors (Lipinski definition) is 1. The average Bonchev–Trinajstić information content (AvgIpc) is 2.94. The summed E-state index contributed by atoms with van der Waals surface area (Å²) in [5.41, 5.74) is 0.484. The van der Waals surface area contributed by atoms with Gasteiger partial charge < -0.3 is 0 Å². The lowest BCUT2D eigenvalue weighted by Gasteiger charge is -2.08.